The summed E-state index contributed by atoms with van der Waals surface area (Å²) in [6, 6.07) is 7.08. The summed E-state index contributed by atoms with van der Waals surface area (Å²) in [5.74, 6) is 0.509. The SMILES string of the molecule is O=C(NC1CC1)c1ccc(-c2csc(NC(=O)[C@@H]3CSC(C4CCOCC4)N3C(=O)[C@H]3CCCO3)n2)cc1. The van der Waals surface area contributed by atoms with Gasteiger partial charge in [0.15, 0.2) is 5.13 Å². The van der Waals surface area contributed by atoms with Crippen LogP contribution in [0.2, 0.25) is 0 Å². The molecule has 38 heavy (non-hydrogen) atoms. The van der Waals surface area contributed by atoms with Crippen molar-refractivity contribution in [3.63, 3.8) is 0 Å². The van der Waals surface area contributed by atoms with E-state index in [4.69, 9.17) is 9.47 Å². The van der Waals surface area contributed by atoms with Gasteiger partial charge in [-0.2, -0.15) is 0 Å². The maximum absolute atomic E-state index is 13.5. The summed E-state index contributed by atoms with van der Waals surface area (Å²) in [6.07, 6.45) is 4.97. The zero-order chi connectivity index (χ0) is 26.1. The lowest BCUT2D eigenvalue weighted by molar-refractivity contribution is -0.147. The fourth-order valence-corrected chi connectivity index (χ4v) is 7.62. The van der Waals surface area contributed by atoms with Crippen molar-refractivity contribution in [2.24, 2.45) is 5.92 Å². The first-order valence-electron chi connectivity index (χ1n) is 13.4. The molecule has 0 radical (unpaired) electrons. The van der Waals surface area contributed by atoms with Crippen molar-refractivity contribution in [1.29, 1.82) is 0 Å². The summed E-state index contributed by atoms with van der Waals surface area (Å²) < 4.78 is 11.3. The van der Waals surface area contributed by atoms with Gasteiger partial charge >= 0.3 is 0 Å². The van der Waals surface area contributed by atoms with Crippen molar-refractivity contribution in [3.8, 4) is 11.3 Å². The molecule has 1 unspecified atom stereocenters. The molecule has 202 valence electrons. The number of nitrogens with zero attached hydrogens (tertiary/aromatic N) is 2. The summed E-state index contributed by atoms with van der Waals surface area (Å²) in [4.78, 5) is 45.7. The second-order valence-electron chi connectivity index (χ2n) is 10.3. The Balaban J connectivity index is 1.13. The van der Waals surface area contributed by atoms with Gasteiger partial charge in [-0.1, -0.05) is 12.1 Å². The standard InChI is InChI=1S/C27H32N4O5S2/c32-23(28-19-7-8-19)17-5-3-16(4-6-17)20-14-38-27(29-20)30-24(33)21-15-37-26(18-9-12-35-13-10-18)31(21)25(34)22-2-1-11-36-22/h3-6,14,18-19,21-22,26H,1-2,7-13,15H2,(H,28,32)(H,29,30,33)/t21-,22+,26?/m0/s1. The number of rotatable bonds is 7. The van der Waals surface area contributed by atoms with Crippen LogP contribution in [-0.4, -0.2) is 76.7 Å². The fourth-order valence-electron chi connectivity index (χ4n) is 5.25. The van der Waals surface area contributed by atoms with E-state index in [1.54, 1.807) is 28.8 Å². The molecule has 9 nitrogen and oxygen atoms in total. The molecule has 4 fully saturated rings. The normalized spacial score (nSPS) is 25.9. The molecule has 3 amide bonds. The molecule has 3 aliphatic heterocycles. The molecule has 1 aliphatic carbocycles. The second-order valence-corrected chi connectivity index (χ2v) is 12.3. The first kappa shape index (κ1) is 25.8. The second kappa shape index (κ2) is 11.3. The maximum atomic E-state index is 13.5. The molecule has 0 bridgehead atoms. The number of carbonyl (C=O) groups excluding carboxylic acids is 3. The van der Waals surface area contributed by atoms with Gasteiger partial charge in [0.2, 0.25) is 5.91 Å². The van der Waals surface area contributed by atoms with Crippen LogP contribution in [-0.2, 0) is 19.1 Å². The van der Waals surface area contributed by atoms with E-state index in [2.05, 4.69) is 15.6 Å². The van der Waals surface area contributed by atoms with E-state index in [9.17, 15) is 14.4 Å². The molecule has 3 saturated heterocycles. The summed E-state index contributed by atoms with van der Waals surface area (Å²) >= 11 is 3.04. The van der Waals surface area contributed by atoms with Gasteiger partial charge in [0, 0.05) is 48.1 Å². The van der Waals surface area contributed by atoms with Crippen LogP contribution in [0.4, 0.5) is 5.13 Å². The molecular weight excluding hydrogens is 524 g/mol. The van der Waals surface area contributed by atoms with Gasteiger partial charge in [-0.3, -0.25) is 14.4 Å². The Hall–Kier alpha value is -2.47. The average molecular weight is 557 g/mol. The van der Waals surface area contributed by atoms with Crippen LogP contribution in [0, 0.1) is 5.92 Å². The van der Waals surface area contributed by atoms with Gasteiger partial charge in [0.1, 0.15) is 12.1 Å². The highest BCUT2D eigenvalue weighted by atomic mass is 32.2. The van der Waals surface area contributed by atoms with Gasteiger partial charge < -0.3 is 25.0 Å². The highest BCUT2D eigenvalue weighted by molar-refractivity contribution is 8.00. The third-order valence-electron chi connectivity index (χ3n) is 7.56. The molecule has 4 heterocycles. The van der Waals surface area contributed by atoms with Crippen LogP contribution < -0.4 is 10.6 Å². The van der Waals surface area contributed by atoms with Crippen molar-refractivity contribution in [1.82, 2.24) is 15.2 Å². The van der Waals surface area contributed by atoms with Crippen molar-refractivity contribution in [3.05, 3.63) is 35.2 Å². The van der Waals surface area contributed by atoms with E-state index in [1.807, 2.05) is 17.5 Å². The van der Waals surface area contributed by atoms with Crippen LogP contribution in [0.15, 0.2) is 29.6 Å². The van der Waals surface area contributed by atoms with Crippen molar-refractivity contribution < 1.29 is 23.9 Å². The number of hydrogen-bond donors (Lipinski definition) is 2. The molecule has 4 aliphatic rings. The average Bonchev–Trinajstić information content (AvgIpc) is 3.35. The molecule has 1 saturated carbocycles. The molecule has 6 rings (SSSR count). The lowest BCUT2D eigenvalue weighted by Gasteiger charge is -2.36. The molecule has 0 spiro atoms. The summed E-state index contributed by atoms with van der Waals surface area (Å²) in [5.41, 5.74) is 2.22. The van der Waals surface area contributed by atoms with Crippen LogP contribution in [0.5, 0.6) is 0 Å². The Morgan fingerprint density at radius 2 is 1.79 bits per heavy atom. The number of aromatic nitrogens is 1. The number of amides is 3. The molecule has 11 heteroatoms. The number of anilines is 1. The minimum Gasteiger partial charge on any atom is -0.381 e. The summed E-state index contributed by atoms with van der Waals surface area (Å²) in [5, 5.41) is 8.28. The van der Waals surface area contributed by atoms with Crippen LogP contribution in [0.1, 0.15) is 48.9 Å². The van der Waals surface area contributed by atoms with E-state index in [-0.39, 0.29) is 23.1 Å². The predicted molar refractivity (Wildman–Crippen MR) is 146 cm³/mol. The van der Waals surface area contributed by atoms with Gasteiger partial charge in [-0.05, 0) is 56.6 Å². The van der Waals surface area contributed by atoms with E-state index < -0.39 is 12.1 Å². The molecule has 1 aromatic carbocycles. The van der Waals surface area contributed by atoms with Crippen molar-refractivity contribution in [2.75, 3.05) is 30.9 Å². The van der Waals surface area contributed by atoms with E-state index >= 15 is 0 Å². The molecule has 2 N–H and O–H groups in total. The maximum Gasteiger partial charge on any atom is 0.253 e. The molecule has 2 aromatic rings. The number of thiazole rings is 1. The minimum absolute atomic E-state index is 0.0474. The lowest BCUT2D eigenvalue weighted by atomic mass is 9.98. The van der Waals surface area contributed by atoms with E-state index in [1.165, 1.54) is 11.3 Å². The van der Waals surface area contributed by atoms with Crippen LogP contribution >= 0.6 is 23.1 Å². The Morgan fingerprint density at radius 3 is 2.50 bits per heavy atom. The quantitative estimate of drug-likeness (QED) is 0.537. The molecule has 3 atom stereocenters. The highest BCUT2D eigenvalue weighted by Crippen LogP contribution is 2.40. The number of hydrogen-bond acceptors (Lipinski definition) is 8. The predicted octanol–water partition coefficient (Wildman–Crippen LogP) is 3.52. The highest BCUT2D eigenvalue weighted by Gasteiger charge is 2.47. The first-order valence-corrected chi connectivity index (χ1v) is 15.3. The lowest BCUT2D eigenvalue weighted by Crippen LogP contribution is -2.53. The summed E-state index contributed by atoms with van der Waals surface area (Å²) in [7, 11) is 0. The zero-order valence-corrected chi connectivity index (χ0v) is 22.7. The first-order chi connectivity index (χ1) is 18.6. The zero-order valence-electron chi connectivity index (χ0n) is 21.1. The Morgan fingerprint density at radius 1 is 1.00 bits per heavy atom. The minimum atomic E-state index is -0.568. The van der Waals surface area contributed by atoms with E-state index in [0.29, 0.717) is 54.6 Å². The van der Waals surface area contributed by atoms with Gasteiger partial charge in [0.25, 0.3) is 11.8 Å². The van der Waals surface area contributed by atoms with Gasteiger partial charge in [-0.25, -0.2) is 4.98 Å². The van der Waals surface area contributed by atoms with E-state index in [0.717, 1.165) is 43.4 Å². The Labute approximate surface area is 230 Å². The smallest absolute Gasteiger partial charge is 0.253 e. The van der Waals surface area contributed by atoms with Gasteiger partial charge in [0.05, 0.1) is 11.1 Å². The number of benzene rings is 1. The number of carbonyl (C=O) groups is 3. The third kappa shape index (κ3) is 5.61. The largest absolute Gasteiger partial charge is 0.381 e. The topological polar surface area (TPSA) is 110 Å². The monoisotopic (exact) mass is 556 g/mol. The molecule has 1 aromatic heterocycles. The number of ether oxygens (including phenoxy) is 2. The Bertz CT molecular complexity index is 1170. The number of nitrogens with one attached hydrogen (secondary N) is 2. The number of thioether (sulfide) groups is 1. The van der Waals surface area contributed by atoms with Crippen LogP contribution in [0.3, 0.4) is 0 Å². The van der Waals surface area contributed by atoms with Crippen LogP contribution in [0.25, 0.3) is 11.3 Å². The third-order valence-corrected chi connectivity index (χ3v) is 9.78. The van der Waals surface area contributed by atoms with Gasteiger partial charge in [-0.15, -0.1) is 23.1 Å². The van der Waals surface area contributed by atoms with Crippen molar-refractivity contribution in [2.45, 2.75) is 62.1 Å². The fraction of sp³-hybridized carbons (Fsp3) is 0.556. The van der Waals surface area contributed by atoms with Crippen molar-refractivity contribution >= 4 is 46.0 Å². The Kier molecular flexibility index (Phi) is 7.69. The summed E-state index contributed by atoms with van der Waals surface area (Å²) in [6.45, 7) is 1.97. The molecular formula is C27H32N4O5S2.